The Bertz CT molecular complexity index is 687. The summed E-state index contributed by atoms with van der Waals surface area (Å²) in [7, 11) is -1.78. The van der Waals surface area contributed by atoms with Crippen LogP contribution in [0, 0.1) is 13.8 Å². The van der Waals surface area contributed by atoms with Gasteiger partial charge in [-0.1, -0.05) is 12.1 Å². The Hall–Kier alpha value is -1.86. The van der Waals surface area contributed by atoms with E-state index in [1.165, 1.54) is 0 Å². The molecule has 0 atom stereocenters. The summed E-state index contributed by atoms with van der Waals surface area (Å²) in [5.74, 6) is 0. The van der Waals surface area contributed by atoms with E-state index in [1.807, 2.05) is 19.2 Å². The van der Waals surface area contributed by atoms with E-state index in [1.54, 1.807) is 26.0 Å². The number of anilines is 1. The molecule has 2 rings (SSSR count). The first-order valence-corrected chi connectivity index (χ1v) is 7.70. The van der Waals surface area contributed by atoms with Gasteiger partial charge < -0.3 is 5.32 Å². The van der Waals surface area contributed by atoms with Crippen LogP contribution in [0.1, 0.15) is 17.0 Å². The third-order valence-corrected chi connectivity index (χ3v) is 4.53. The fourth-order valence-electron chi connectivity index (χ4n) is 2.09. The number of aromatic amines is 1. The van der Waals surface area contributed by atoms with Crippen LogP contribution in [0.2, 0.25) is 0 Å². The number of rotatable bonds is 5. The van der Waals surface area contributed by atoms with Crippen molar-refractivity contribution in [2.24, 2.45) is 0 Å². The summed E-state index contributed by atoms with van der Waals surface area (Å²) >= 11 is 0. The molecule has 20 heavy (non-hydrogen) atoms. The van der Waals surface area contributed by atoms with E-state index >= 15 is 0 Å². The summed E-state index contributed by atoms with van der Waals surface area (Å²) in [5, 5.41) is 9.63. The topological polar surface area (TPSA) is 86.9 Å². The smallest absolute Gasteiger partial charge is 0.265 e. The predicted octanol–water partition coefficient (Wildman–Crippen LogP) is 1.55. The van der Waals surface area contributed by atoms with Gasteiger partial charge in [0.25, 0.3) is 10.0 Å². The Balaban J connectivity index is 2.31. The van der Waals surface area contributed by atoms with Crippen LogP contribution in [0.25, 0.3) is 0 Å². The molecule has 7 heteroatoms. The molecule has 0 unspecified atom stereocenters. The molecular weight excluding hydrogens is 276 g/mol. The van der Waals surface area contributed by atoms with Crippen molar-refractivity contribution in [2.75, 3.05) is 11.8 Å². The number of hydrogen-bond acceptors (Lipinski definition) is 4. The molecule has 3 N–H and O–H groups in total. The minimum absolute atomic E-state index is 0.205. The molecule has 0 radical (unpaired) electrons. The lowest BCUT2D eigenvalue weighted by molar-refractivity contribution is 0.600. The Kier molecular flexibility index (Phi) is 4.10. The van der Waals surface area contributed by atoms with Crippen LogP contribution >= 0.6 is 0 Å². The number of aromatic nitrogens is 2. The van der Waals surface area contributed by atoms with Crippen molar-refractivity contribution in [3.8, 4) is 0 Å². The van der Waals surface area contributed by atoms with Gasteiger partial charge in [-0.15, -0.1) is 0 Å². The molecular formula is C13H18N4O2S. The van der Waals surface area contributed by atoms with Crippen molar-refractivity contribution in [1.29, 1.82) is 0 Å². The molecule has 1 aromatic carbocycles. The van der Waals surface area contributed by atoms with Gasteiger partial charge in [0.2, 0.25) is 0 Å². The van der Waals surface area contributed by atoms with Crippen molar-refractivity contribution in [2.45, 2.75) is 25.3 Å². The van der Waals surface area contributed by atoms with Crippen LogP contribution in [0.5, 0.6) is 0 Å². The van der Waals surface area contributed by atoms with Gasteiger partial charge in [-0.25, -0.2) is 8.42 Å². The number of nitrogens with zero attached hydrogens (tertiary/aromatic N) is 1. The van der Waals surface area contributed by atoms with Crippen LogP contribution in [0.4, 0.5) is 5.69 Å². The Morgan fingerprint density at radius 2 is 2.05 bits per heavy atom. The van der Waals surface area contributed by atoms with Gasteiger partial charge >= 0.3 is 0 Å². The highest BCUT2D eigenvalue weighted by Crippen LogP contribution is 2.21. The summed E-state index contributed by atoms with van der Waals surface area (Å²) in [4.78, 5) is 0.205. The maximum atomic E-state index is 12.4. The molecule has 1 aromatic heterocycles. The van der Waals surface area contributed by atoms with Gasteiger partial charge in [-0.2, -0.15) is 5.10 Å². The Morgan fingerprint density at radius 3 is 2.65 bits per heavy atom. The summed E-state index contributed by atoms with van der Waals surface area (Å²) in [6, 6.07) is 7.28. The molecule has 0 amide bonds. The molecule has 0 aliphatic rings. The molecule has 6 nitrogen and oxygen atoms in total. The average molecular weight is 294 g/mol. The first-order valence-electron chi connectivity index (χ1n) is 6.22. The lowest BCUT2D eigenvalue weighted by Gasteiger charge is -2.09. The Morgan fingerprint density at radius 1 is 1.30 bits per heavy atom. The zero-order chi connectivity index (χ0) is 14.8. The van der Waals surface area contributed by atoms with E-state index in [-0.39, 0.29) is 4.90 Å². The largest absolute Gasteiger partial charge is 0.316 e. The first-order chi connectivity index (χ1) is 9.44. The summed E-state index contributed by atoms with van der Waals surface area (Å²) in [5.41, 5.74) is 2.54. The molecule has 0 saturated carbocycles. The number of hydrogen-bond donors (Lipinski definition) is 3. The van der Waals surface area contributed by atoms with Crippen LogP contribution in [-0.2, 0) is 16.6 Å². The van der Waals surface area contributed by atoms with Gasteiger partial charge in [-0.05, 0) is 38.6 Å². The normalized spacial score (nSPS) is 11.6. The highest BCUT2D eigenvalue weighted by molar-refractivity contribution is 7.92. The molecule has 2 aromatic rings. The number of H-pyrrole nitrogens is 1. The zero-order valence-corrected chi connectivity index (χ0v) is 12.5. The fourth-order valence-corrected chi connectivity index (χ4v) is 3.51. The highest BCUT2D eigenvalue weighted by atomic mass is 32.2. The monoisotopic (exact) mass is 294 g/mol. The summed E-state index contributed by atoms with van der Waals surface area (Å²) in [6.07, 6.45) is 0. The van der Waals surface area contributed by atoms with Crippen molar-refractivity contribution >= 4 is 15.7 Å². The van der Waals surface area contributed by atoms with Gasteiger partial charge in [0.05, 0.1) is 11.4 Å². The summed E-state index contributed by atoms with van der Waals surface area (Å²) < 4.78 is 27.4. The fraction of sp³-hybridized carbons (Fsp3) is 0.308. The molecule has 1 heterocycles. The van der Waals surface area contributed by atoms with Gasteiger partial charge in [-0.3, -0.25) is 9.82 Å². The van der Waals surface area contributed by atoms with Crippen LogP contribution in [-0.4, -0.2) is 25.7 Å². The maximum absolute atomic E-state index is 12.4. The molecule has 0 aliphatic heterocycles. The minimum Gasteiger partial charge on any atom is -0.316 e. The maximum Gasteiger partial charge on any atom is 0.265 e. The molecule has 0 saturated heterocycles. The van der Waals surface area contributed by atoms with Crippen LogP contribution in [0.3, 0.4) is 0 Å². The molecule has 0 aliphatic carbocycles. The number of sulfonamides is 1. The standard InChI is InChI=1S/C13H18N4O2S/c1-9-13(10(2)16-15-9)20(18,19)17-12-6-4-5-11(7-12)8-14-3/h4-7,14,17H,8H2,1-3H3,(H,15,16). The summed E-state index contributed by atoms with van der Waals surface area (Å²) in [6.45, 7) is 4.03. The second-order valence-electron chi connectivity index (χ2n) is 4.60. The molecule has 108 valence electrons. The second-order valence-corrected chi connectivity index (χ2v) is 6.22. The molecule has 0 spiro atoms. The third-order valence-electron chi connectivity index (χ3n) is 2.89. The predicted molar refractivity (Wildman–Crippen MR) is 78.1 cm³/mol. The lowest BCUT2D eigenvalue weighted by atomic mass is 10.2. The van der Waals surface area contributed by atoms with Crippen LogP contribution < -0.4 is 10.0 Å². The molecule has 0 bridgehead atoms. The number of aryl methyl sites for hydroxylation is 2. The van der Waals surface area contributed by atoms with Crippen molar-refractivity contribution in [1.82, 2.24) is 15.5 Å². The van der Waals surface area contributed by atoms with Crippen LogP contribution in [0.15, 0.2) is 29.2 Å². The third kappa shape index (κ3) is 3.00. The van der Waals surface area contributed by atoms with Crippen molar-refractivity contribution < 1.29 is 8.42 Å². The average Bonchev–Trinajstić information content (AvgIpc) is 2.70. The van der Waals surface area contributed by atoms with E-state index in [4.69, 9.17) is 0 Å². The Labute approximate surface area is 118 Å². The van der Waals surface area contributed by atoms with Gasteiger partial charge in [0.15, 0.2) is 0 Å². The lowest BCUT2D eigenvalue weighted by Crippen LogP contribution is -2.15. The van der Waals surface area contributed by atoms with E-state index < -0.39 is 10.0 Å². The zero-order valence-electron chi connectivity index (χ0n) is 11.7. The van der Waals surface area contributed by atoms with Crippen molar-refractivity contribution in [3.05, 3.63) is 41.2 Å². The second kappa shape index (κ2) is 5.64. The van der Waals surface area contributed by atoms with E-state index in [0.29, 0.717) is 23.6 Å². The highest BCUT2D eigenvalue weighted by Gasteiger charge is 2.22. The SMILES string of the molecule is CNCc1cccc(NS(=O)(=O)c2c(C)n[nH]c2C)c1. The van der Waals surface area contributed by atoms with E-state index in [0.717, 1.165) is 5.56 Å². The molecule has 0 fully saturated rings. The number of benzene rings is 1. The van der Waals surface area contributed by atoms with Gasteiger partial charge in [0.1, 0.15) is 4.90 Å². The minimum atomic E-state index is -3.63. The van der Waals surface area contributed by atoms with E-state index in [9.17, 15) is 8.42 Å². The first kappa shape index (κ1) is 14.5. The van der Waals surface area contributed by atoms with Crippen molar-refractivity contribution in [3.63, 3.8) is 0 Å². The quantitative estimate of drug-likeness (QED) is 0.781. The van der Waals surface area contributed by atoms with E-state index in [2.05, 4.69) is 20.2 Å². The number of nitrogens with one attached hydrogen (secondary N) is 3. The van der Waals surface area contributed by atoms with Gasteiger partial charge in [0, 0.05) is 12.2 Å².